The Kier molecular flexibility index (Phi) is 5.41. The number of nitrogens with zero attached hydrogens (tertiary/aromatic N) is 5. The first-order valence-corrected chi connectivity index (χ1v) is 12.3. The number of aryl methyl sites for hydroxylation is 1. The maximum Gasteiger partial charge on any atom is 0.233 e. The van der Waals surface area contributed by atoms with Crippen LogP contribution in [0.15, 0.2) is 58.4 Å². The third-order valence-corrected chi connectivity index (χ3v) is 7.97. The van der Waals surface area contributed by atoms with Crippen LogP contribution in [-0.2, 0) is 11.2 Å². The van der Waals surface area contributed by atoms with Gasteiger partial charge in [0.05, 0.1) is 17.5 Å². The van der Waals surface area contributed by atoms with Gasteiger partial charge in [0.15, 0.2) is 0 Å². The maximum atomic E-state index is 13.3. The van der Waals surface area contributed by atoms with Crippen LogP contribution in [0.5, 0.6) is 0 Å². The highest BCUT2D eigenvalue weighted by Gasteiger charge is 2.33. The van der Waals surface area contributed by atoms with Crippen molar-refractivity contribution in [2.45, 2.75) is 24.5 Å². The molecule has 4 aromatic rings. The average molecular weight is 454 g/mol. The van der Waals surface area contributed by atoms with Gasteiger partial charge < -0.3 is 4.90 Å². The summed E-state index contributed by atoms with van der Waals surface area (Å²) in [5, 5.41) is 16.9. The van der Waals surface area contributed by atoms with Crippen LogP contribution < -0.4 is 0 Å². The number of hydrogen-bond donors (Lipinski definition) is 0. The predicted molar refractivity (Wildman–Crippen MR) is 121 cm³/mol. The number of tetrazole rings is 1. The summed E-state index contributed by atoms with van der Waals surface area (Å²) in [6, 6.07) is 14.3. The summed E-state index contributed by atoms with van der Waals surface area (Å²) >= 11 is 4.86. The summed E-state index contributed by atoms with van der Waals surface area (Å²) < 4.78 is 1.68. The van der Waals surface area contributed by atoms with E-state index in [0.29, 0.717) is 10.9 Å². The molecular weight excluding hydrogens is 434 g/mol. The first-order chi connectivity index (χ1) is 14.7. The van der Waals surface area contributed by atoms with E-state index in [0.717, 1.165) is 18.7 Å². The molecule has 1 unspecified atom stereocenters. The highest BCUT2D eigenvalue weighted by Crippen LogP contribution is 2.39. The van der Waals surface area contributed by atoms with Crippen LogP contribution in [0, 0.1) is 6.92 Å². The van der Waals surface area contributed by atoms with Gasteiger partial charge in [-0.1, -0.05) is 35.5 Å². The molecule has 0 saturated carbocycles. The Hall–Kier alpha value is -2.49. The van der Waals surface area contributed by atoms with Gasteiger partial charge in [0.2, 0.25) is 11.1 Å². The Morgan fingerprint density at radius 2 is 2.03 bits per heavy atom. The number of hydrogen-bond acceptors (Lipinski definition) is 7. The maximum absolute atomic E-state index is 13.3. The molecule has 0 aliphatic carbocycles. The predicted octanol–water partition coefficient (Wildman–Crippen LogP) is 4.36. The monoisotopic (exact) mass is 453 g/mol. The molecular formula is C21H19N5OS3. The summed E-state index contributed by atoms with van der Waals surface area (Å²) in [6.45, 7) is 2.78. The van der Waals surface area contributed by atoms with E-state index in [-0.39, 0.29) is 11.9 Å². The summed E-state index contributed by atoms with van der Waals surface area (Å²) in [7, 11) is 0. The fourth-order valence-corrected chi connectivity index (χ4v) is 6.20. The number of amides is 1. The molecule has 1 aromatic carbocycles. The summed E-state index contributed by atoms with van der Waals surface area (Å²) in [5.41, 5.74) is 3.32. The Balaban J connectivity index is 1.35. The molecule has 0 bridgehead atoms. The standard InChI is InChI=1S/C21H19N5OS3/c1-14-4-6-15(7-5-14)26-21(22-23-24-26)30-13-19(27)25-10-8-17-16(9-12-29-17)20(25)18-3-2-11-28-18/h2-7,9,11-12,20H,8,10,13H2,1H3. The highest BCUT2D eigenvalue weighted by molar-refractivity contribution is 7.99. The summed E-state index contributed by atoms with van der Waals surface area (Å²) in [6.07, 6.45) is 0.909. The second-order valence-electron chi connectivity index (χ2n) is 7.05. The van der Waals surface area contributed by atoms with Crippen LogP contribution >= 0.6 is 34.4 Å². The number of carbonyl (C=O) groups excluding carboxylic acids is 1. The number of thioether (sulfide) groups is 1. The van der Waals surface area contributed by atoms with Crippen molar-refractivity contribution >= 4 is 40.3 Å². The van der Waals surface area contributed by atoms with Crippen LogP contribution in [0.4, 0.5) is 0 Å². The van der Waals surface area contributed by atoms with Crippen LogP contribution in [0.1, 0.15) is 26.9 Å². The van der Waals surface area contributed by atoms with E-state index >= 15 is 0 Å². The minimum atomic E-state index is 0.00111. The average Bonchev–Trinajstić information content (AvgIpc) is 3.53. The van der Waals surface area contributed by atoms with Gasteiger partial charge >= 0.3 is 0 Å². The van der Waals surface area contributed by atoms with E-state index in [4.69, 9.17) is 0 Å². The lowest BCUT2D eigenvalue weighted by atomic mass is 9.98. The number of carbonyl (C=O) groups is 1. The molecule has 1 aliphatic rings. The molecule has 1 amide bonds. The van der Waals surface area contributed by atoms with E-state index in [1.165, 1.54) is 32.6 Å². The van der Waals surface area contributed by atoms with Crippen molar-refractivity contribution in [2.75, 3.05) is 12.3 Å². The molecule has 0 N–H and O–H groups in total. The van der Waals surface area contributed by atoms with Gasteiger partial charge in [-0.05, 0) is 64.4 Å². The second kappa shape index (κ2) is 8.33. The van der Waals surface area contributed by atoms with Gasteiger partial charge in [-0.15, -0.1) is 27.8 Å². The molecule has 0 fully saturated rings. The third kappa shape index (κ3) is 3.68. The Bertz CT molecular complexity index is 1150. The highest BCUT2D eigenvalue weighted by atomic mass is 32.2. The minimum absolute atomic E-state index is 0.00111. The first-order valence-electron chi connectivity index (χ1n) is 9.58. The lowest BCUT2D eigenvalue weighted by molar-refractivity contribution is -0.130. The Morgan fingerprint density at radius 3 is 2.83 bits per heavy atom. The summed E-state index contributed by atoms with van der Waals surface area (Å²) in [4.78, 5) is 17.9. The normalized spacial score (nSPS) is 15.9. The number of aromatic nitrogens is 4. The quantitative estimate of drug-likeness (QED) is 0.420. The largest absolute Gasteiger partial charge is 0.330 e. The number of thiophene rings is 2. The van der Waals surface area contributed by atoms with Crippen molar-refractivity contribution in [3.05, 3.63) is 74.1 Å². The van der Waals surface area contributed by atoms with E-state index in [9.17, 15) is 4.79 Å². The van der Waals surface area contributed by atoms with Gasteiger partial charge in [0, 0.05) is 16.3 Å². The zero-order chi connectivity index (χ0) is 20.5. The number of fused-ring (bicyclic) bond motifs is 1. The molecule has 1 aliphatic heterocycles. The lowest BCUT2D eigenvalue weighted by Crippen LogP contribution is -2.40. The molecule has 0 saturated heterocycles. The second-order valence-corrected chi connectivity index (χ2v) is 9.97. The van der Waals surface area contributed by atoms with Gasteiger partial charge in [0.1, 0.15) is 0 Å². The molecule has 0 radical (unpaired) electrons. The van der Waals surface area contributed by atoms with E-state index in [1.54, 1.807) is 27.4 Å². The van der Waals surface area contributed by atoms with Gasteiger partial charge in [0.25, 0.3) is 0 Å². The van der Waals surface area contributed by atoms with Crippen LogP contribution in [0.3, 0.4) is 0 Å². The minimum Gasteiger partial charge on any atom is -0.330 e. The zero-order valence-corrected chi connectivity index (χ0v) is 18.7. The van der Waals surface area contributed by atoms with Crippen molar-refractivity contribution in [1.29, 1.82) is 0 Å². The van der Waals surface area contributed by atoms with Gasteiger partial charge in [-0.25, -0.2) is 0 Å². The molecule has 9 heteroatoms. The number of benzene rings is 1. The molecule has 1 atom stereocenters. The zero-order valence-electron chi connectivity index (χ0n) is 16.3. The molecule has 0 spiro atoms. The van der Waals surface area contributed by atoms with E-state index in [2.05, 4.69) is 38.4 Å². The molecule has 3 aromatic heterocycles. The van der Waals surface area contributed by atoms with E-state index < -0.39 is 0 Å². The third-order valence-electron chi connectivity index (χ3n) is 5.14. The van der Waals surface area contributed by atoms with Crippen LogP contribution in [0.25, 0.3) is 5.69 Å². The molecule has 152 valence electrons. The van der Waals surface area contributed by atoms with Crippen molar-refractivity contribution in [3.8, 4) is 5.69 Å². The SMILES string of the molecule is Cc1ccc(-n2nnnc2SCC(=O)N2CCc3sccc3C2c2cccs2)cc1. The Morgan fingerprint density at radius 1 is 1.17 bits per heavy atom. The van der Waals surface area contributed by atoms with Gasteiger partial charge in [-0.3, -0.25) is 4.79 Å². The smallest absolute Gasteiger partial charge is 0.233 e. The fraction of sp³-hybridized carbons (Fsp3) is 0.238. The Labute approximate surface area is 186 Å². The van der Waals surface area contributed by atoms with Gasteiger partial charge in [-0.2, -0.15) is 4.68 Å². The summed E-state index contributed by atoms with van der Waals surface area (Å²) in [5.74, 6) is 0.404. The lowest BCUT2D eigenvalue weighted by Gasteiger charge is -2.35. The van der Waals surface area contributed by atoms with Crippen LogP contribution in [0.2, 0.25) is 0 Å². The first kappa shape index (κ1) is 19.5. The van der Waals surface area contributed by atoms with E-state index in [1.807, 2.05) is 42.2 Å². The molecule has 4 heterocycles. The van der Waals surface area contributed by atoms with Crippen molar-refractivity contribution in [2.24, 2.45) is 0 Å². The van der Waals surface area contributed by atoms with Crippen LogP contribution in [-0.4, -0.2) is 43.3 Å². The molecule has 30 heavy (non-hydrogen) atoms. The number of rotatable bonds is 5. The topological polar surface area (TPSA) is 63.9 Å². The van der Waals surface area contributed by atoms with Crippen molar-refractivity contribution in [1.82, 2.24) is 25.1 Å². The molecule has 5 rings (SSSR count). The van der Waals surface area contributed by atoms with Crippen molar-refractivity contribution < 1.29 is 4.79 Å². The van der Waals surface area contributed by atoms with Crippen molar-refractivity contribution in [3.63, 3.8) is 0 Å². The fourth-order valence-electron chi connectivity index (χ4n) is 3.66. The molecule has 6 nitrogen and oxygen atoms in total.